The lowest BCUT2D eigenvalue weighted by Gasteiger charge is -1.99. The first-order valence-corrected chi connectivity index (χ1v) is 10.5. The molecule has 1 amide bonds. The van der Waals surface area contributed by atoms with Crippen LogP contribution in [0.5, 0.6) is 0 Å². The number of hydrogen-bond acceptors (Lipinski definition) is 3. The Morgan fingerprint density at radius 3 is 1.68 bits per heavy atom. The molecule has 4 nitrogen and oxygen atoms in total. The van der Waals surface area contributed by atoms with E-state index >= 15 is 0 Å². The maximum absolute atomic E-state index is 10.5. The average Bonchev–Trinajstić information content (AvgIpc) is 2.59. The van der Waals surface area contributed by atoms with Gasteiger partial charge in [-0.1, -0.05) is 77.4 Å². The molecule has 0 spiro atoms. The molecule has 0 atom stereocenters. The molecule has 0 aromatic heterocycles. The predicted octanol–water partition coefficient (Wildman–Crippen LogP) is 5.88. The summed E-state index contributed by atoms with van der Waals surface area (Å²) in [6.45, 7) is 4.95. The van der Waals surface area contributed by atoms with Crippen molar-refractivity contribution in [1.29, 1.82) is 0 Å². The van der Waals surface area contributed by atoms with E-state index in [1.54, 1.807) is 0 Å². The first kappa shape index (κ1) is 26.4. The van der Waals surface area contributed by atoms with Crippen molar-refractivity contribution in [2.45, 2.75) is 110 Å². The number of nitrogens with one attached hydrogen (secondary N) is 1. The number of hydrogen-bond donors (Lipinski definition) is 3. The Hall–Kier alpha value is -0.870. The molecule has 0 aliphatic heterocycles. The highest BCUT2D eigenvalue weighted by atomic mass is 16.5. The number of carbonyl (C=O) groups is 1. The fourth-order valence-corrected chi connectivity index (χ4v) is 2.48. The standard InChI is InChI=1S/C18H35NO.C3H9NO/c1-2-3-4-5-6-7-8-9-10-11-12-13-14-15-16-17-18(19)20;1-2-3-4-5/h9-10H,2-8,11-17H2,1H3,(H2,19,20);4-5H,2-3H2,1H3/b10-9-;. The Kier molecular flexibility index (Phi) is 26.8. The van der Waals surface area contributed by atoms with Crippen LogP contribution in [0.2, 0.25) is 0 Å². The van der Waals surface area contributed by atoms with E-state index in [0.717, 1.165) is 19.3 Å². The van der Waals surface area contributed by atoms with E-state index in [9.17, 15) is 4.79 Å². The highest BCUT2D eigenvalue weighted by Gasteiger charge is 1.94. The average molecular weight is 357 g/mol. The molecule has 0 aromatic rings. The molecule has 4 N–H and O–H groups in total. The van der Waals surface area contributed by atoms with Crippen LogP contribution in [0.1, 0.15) is 110 Å². The van der Waals surface area contributed by atoms with Gasteiger partial charge in [-0.05, 0) is 38.5 Å². The third-order valence-electron chi connectivity index (χ3n) is 4.05. The Labute approximate surface area is 156 Å². The molecule has 0 saturated carbocycles. The van der Waals surface area contributed by atoms with Crippen molar-refractivity contribution in [2.24, 2.45) is 5.73 Å². The molecule has 150 valence electrons. The summed E-state index contributed by atoms with van der Waals surface area (Å²) in [6.07, 6.45) is 22.9. The zero-order valence-electron chi connectivity index (χ0n) is 16.9. The number of hydroxylamine groups is 1. The number of nitrogens with two attached hydrogens (primary N) is 1. The number of primary amides is 1. The summed E-state index contributed by atoms with van der Waals surface area (Å²) in [5.74, 6) is -0.164. The third kappa shape index (κ3) is 31.4. The van der Waals surface area contributed by atoms with Crippen LogP contribution >= 0.6 is 0 Å². The molecular weight excluding hydrogens is 312 g/mol. The third-order valence-corrected chi connectivity index (χ3v) is 4.05. The second kappa shape index (κ2) is 25.4. The van der Waals surface area contributed by atoms with Crippen molar-refractivity contribution in [1.82, 2.24) is 5.48 Å². The zero-order chi connectivity index (χ0) is 19.0. The van der Waals surface area contributed by atoms with Gasteiger partial charge in [-0.15, -0.1) is 0 Å². The van der Waals surface area contributed by atoms with Gasteiger partial charge in [-0.25, -0.2) is 5.48 Å². The van der Waals surface area contributed by atoms with Gasteiger partial charge in [-0.3, -0.25) is 4.79 Å². The molecule has 0 aliphatic rings. The van der Waals surface area contributed by atoms with Crippen LogP contribution in [0.3, 0.4) is 0 Å². The number of rotatable bonds is 17. The van der Waals surface area contributed by atoms with Gasteiger partial charge >= 0.3 is 0 Å². The van der Waals surface area contributed by atoms with Crippen molar-refractivity contribution in [3.8, 4) is 0 Å². The number of allylic oxidation sites excluding steroid dienone is 2. The monoisotopic (exact) mass is 356 g/mol. The molecule has 0 aliphatic carbocycles. The quantitative estimate of drug-likeness (QED) is 0.173. The van der Waals surface area contributed by atoms with Crippen molar-refractivity contribution in [3.05, 3.63) is 12.2 Å². The van der Waals surface area contributed by atoms with Gasteiger partial charge in [0.2, 0.25) is 5.91 Å². The van der Waals surface area contributed by atoms with Crippen molar-refractivity contribution in [2.75, 3.05) is 6.54 Å². The fourth-order valence-electron chi connectivity index (χ4n) is 2.48. The lowest BCUT2D eigenvalue weighted by molar-refractivity contribution is -0.118. The second-order valence-corrected chi connectivity index (χ2v) is 6.71. The minimum atomic E-state index is -0.164. The molecular formula is C21H44N2O2. The summed E-state index contributed by atoms with van der Waals surface area (Å²) in [7, 11) is 0. The van der Waals surface area contributed by atoms with Gasteiger partial charge in [0.05, 0.1) is 0 Å². The number of unbranched alkanes of at least 4 members (excludes halogenated alkanes) is 11. The Balaban J connectivity index is 0. The Morgan fingerprint density at radius 2 is 1.28 bits per heavy atom. The van der Waals surface area contributed by atoms with E-state index in [4.69, 9.17) is 10.9 Å². The van der Waals surface area contributed by atoms with E-state index in [-0.39, 0.29) is 5.91 Å². The minimum absolute atomic E-state index is 0.164. The summed E-state index contributed by atoms with van der Waals surface area (Å²) in [6, 6.07) is 0. The number of amides is 1. The van der Waals surface area contributed by atoms with Crippen LogP contribution in [-0.4, -0.2) is 17.7 Å². The predicted molar refractivity (Wildman–Crippen MR) is 109 cm³/mol. The van der Waals surface area contributed by atoms with Gasteiger partial charge in [0.1, 0.15) is 0 Å². The summed E-state index contributed by atoms with van der Waals surface area (Å²) in [5, 5.41) is 7.82. The molecule has 0 bridgehead atoms. The van der Waals surface area contributed by atoms with E-state index in [2.05, 4.69) is 19.1 Å². The lowest BCUT2D eigenvalue weighted by Crippen LogP contribution is -2.09. The molecule has 0 saturated heterocycles. The lowest BCUT2D eigenvalue weighted by atomic mass is 10.1. The summed E-state index contributed by atoms with van der Waals surface area (Å²) in [4.78, 5) is 10.5. The zero-order valence-corrected chi connectivity index (χ0v) is 16.9. The van der Waals surface area contributed by atoms with Crippen molar-refractivity contribution >= 4 is 5.91 Å². The van der Waals surface area contributed by atoms with Crippen LogP contribution in [0, 0.1) is 0 Å². The molecule has 0 unspecified atom stereocenters. The van der Waals surface area contributed by atoms with Gasteiger partial charge in [0.15, 0.2) is 0 Å². The second-order valence-electron chi connectivity index (χ2n) is 6.71. The van der Waals surface area contributed by atoms with Gasteiger partial charge in [0.25, 0.3) is 0 Å². The van der Waals surface area contributed by atoms with Gasteiger partial charge in [0, 0.05) is 13.0 Å². The van der Waals surface area contributed by atoms with E-state index in [1.165, 1.54) is 70.6 Å². The molecule has 0 heterocycles. The molecule has 25 heavy (non-hydrogen) atoms. The summed E-state index contributed by atoms with van der Waals surface area (Å²) in [5.41, 5.74) is 7.12. The highest BCUT2D eigenvalue weighted by Crippen LogP contribution is 2.09. The molecule has 0 radical (unpaired) electrons. The van der Waals surface area contributed by atoms with E-state index < -0.39 is 0 Å². The normalized spacial score (nSPS) is 10.7. The summed E-state index contributed by atoms with van der Waals surface area (Å²) < 4.78 is 0. The first-order valence-electron chi connectivity index (χ1n) is 10.5. The molecule has 0 rings (SSSR count). The SMILES string of the molecule is CCCCCCCC/C=C\CCCCCCCC(N)=O.CCCNO. The van der Waals surface area contributed by atoms with Gasteiger partial charge in [-0.2, -0.15) is 0 Å². The van der Waals surface area contributed by atoms with Gasteiger partial charge < -0.3 is 10.9 Å². The van der Waals surface area contributed by atoms with Crippen molar-refractivity contribution < 1.29 is 10.0 Å². The maximum atomic E-state index is 10.5. The fraction of sp³-hybridized carbons (Fsp3) is 0.857. The Bertz CT molecular complexity index is 279. The van der Waals surface area contributed by atoms with Crippen molar-refractivity contribution in [3.63, 3.8) is 0 Å². The van der Waals surface area contributed by atoms with Crippen LogP contribution < -0.4 is 11.2 Å². The maximum Gasteiger partial charge on any atom is 0.217 e. The summed E-state index contributed by atoms with van der Waals surface area (Å²) >= 11 is 0. The highest BCUT2D eigenvalue weighted by molar-refractivity contribution is 5.73. The van der Waals surface area contributed by atoms with Crippen LogP contribution in [0.25, 0.3) is 0 Å². The Morgan fingerprint density at radius 1 is 0.800 bits per heavy atom. The van der Waals surface area contributed by atoms with Crippen LogP contribution in [0.15, 0.2) is 12.2 Å². The topological polar surface area (TPSA) is 75.4 Å². The smallest absolute Gasteiger partial charge is 0.217 e. The molecule has 4 heteroatoms. The van der Waals surface area contributed by atoms with Crippen LogP contribution in [-0.2, 0) is 4.79 Å². The minimum Gasteiger partial charge on any atom is -0.370 e. The van der Waals surface area contributed by atoms with Crippen LogP contribution in [0.4, 0.5) is 0 Å². The van der Waals surface area contributed by atoms with E-state index in [0.29, 0.717) is 13.0 Å². The first-order chi connectivity index (χ1) is 12.2. The molecule has 0 fully saturated rings. The van der Waals surface area contributed by atoms with E-state index in [1.807, 2.05) is 12.4 Å². The number of carbonyl (C=O) groups excluding carboxylic acids is 1. The molecule has 0 aromatic carbocycles. The largest absolute Gasteiger partial charge is 0.370 e.